The van der Waals surface area contributed by atoms with E-state index < -0.39 is 28.2 Å². The van der Waals surface area contributed by atoms with Crippen molar-refractivity contribution >= 4 is 17.7 Å². The summed E-state index contributed by atoms with van der Waals surface area (Å²) in [5, 5.41) is -1.25. The lowest BCUT2D eigenvalue weighted by molar-refractivity contribution is 0.565. The van der Waals surface area contributed by atoms with Crippen molar-refractivity contribution in [2.45, 2.75) is 61.9 Å². The second kappa shape index (κ2) is 4.29. The smallest absolute Gasteiger partial charge is 0.212 e. The molecule has 0 spiro atoms. The minimum absolute atomic E-state index is 0.522. The van der Waals surface area contributed by atoms with Crippen molar-refractivity contribution in [3.8, 4) is 0 Å². The molecular weight excluding hydrogens is 248 g/mol. The van der Waals surface area contributed by atoms with Gasteiger partial charge in [0, 0.05) is 0 Å². The summed E-state index contributed by atoms with van der Waals surface area (Å²) in [6.45, 7) is 0. The number of hydrogen-bond acceptors (Lipinski definition) is 4. The molecule has 2 saturated carbocycles. The van der Waals surface area contributed by atoms with Gasteiger partial charge >= 0.3 is 0 Å². The molecule has 0 saturated heterocycles. The van der Waals surface area contributed by atoms with Crippen LogP contribution in [-0.4, -0.2) is 27.3 Å². The molecule has 0 radical (unpaired) electrons. The average Bonchev–Trinajstić information content (AvgIpc) is 2.91. The van der Waals surface area contributed by atoms with Crippen LogP contribution in [0.4, 0.5) is 0 Å². The van der Waals surface area contributed by atoms with Crippen LogP contribution in [0.3, 0.4) is 0 Å². The molecule has 0 aliphatic heterocycles. The lowest BCUT2D eigenvalue weighted by Crippen LogP contribution is -2.33. The standard InChI is InChI=1S/C10H18O4S2/c11-15(12,9-5-1-2-6-9)16(13,14)10-7-3-4-8-10/h9-10H,1-8H2. The predicted octanol–water partition coefficient (Wildman–Crippen LogP) is 1.62. The van der Waals surface area contributed by atoms with E-state index >= 15 is 0 Å². The molecule has 16 heavy (non-hydrogen) atoms. The van der Waals surface area contributed by atoms with Crippen molar-refractivity contribution in [1.29, 1.82) is 0 Å². The van der Waals surface area contributed by atoms with Crippen molar-refractivity contribution in [1.82, 2.24) is 0 Å². The zero-order chi connectivity index (χ0) is 11.8. The Kier molecular flexibility index (Phi) is 3.32. The van der Waals surface area contributed by atoms with Gasteiger partial charge in [0.2, 0.25) is 0 Å². The lowest BCUT2D eigenvalue weighted by atomic mass is 10.4. The summed E-state index contributed by atoms with van der Waals surface area (Å²) in [5.41, 5.74) is 0. The molecule has 0 N–H and O–H groups in total. The Morgan fingerprint density at radius 3 is 1.06 bits per heavy atom. The monoisotopic (exact) mass is 266 g/mol. The van der Waals surface area contributed by atoms with Gasteiger partial charge in [0.25, 0.3) is 17.7 Å². The Morgan fingerprint density at radius 2 is 0.812 bits per heavy atom. The molecule has 2 fully saturated rings. The molecule has 2 rings (SSSR count). The average molecular weight is 266 g/mol. The van der Waals surface area contributed by atoms with Crippen LogP contribution < -0.4 is 0 Å². The summed E-state index contributed by atoms with van der Waals surface area (Å²) >= 11 is 0. The Labute approximate surface area is 96.7 Å². The molecule has 0 unspecified atom stereocenters. The van der Waals surface area contributed by atoms with Gasteiger partial charge in [-0.05, 0) is 25.7 Å². The van der Waals surface area contributed by atoms with Crippen LogP contribution >= 0.6 is 0 Å². The van der Waals surface area contributed by atoms with Crippen molar-refractivity contribution in [2.24, 2.45) is 0 Å². The maximum atomic E-state index is 12.1. The molecule has 0 heterocycles. The van der Waals surface area contributed by atoms with Crippen molar-refractivity contribution in [2.75, 3.05) is 0 Å². The molecule has 6 heteroatoms. The molecule has 0 aromatic heterocycles. The van der Waals surface area contributed by atoms with Crippen LogP contribution in [0.1, 0.15) is 51.4 Å². The van der Waals surface area contributed by atoms with E-state index in [0.29, 0.717) is 25.7 Å². The Balaban J connectivity index is 2.28. The summed E-state index contributed by atoms with van der Waals surface area (Å²) in [6, 6.07) is 0. The van der Waals surface area contributed by atoms with Gasteiger partial charge in [-0.3, -0.25) is 0 Å². The SMILES string of the molecule is O=S(=O)(C1CCCC1)S(=O)(=O)C1CCCC1. The van der Waals surface area contributed by atoms with Crippen LogP contribution in [0.15, 0.2) is 0 Å². The van der Waals surface area contributed by atoms with Gasteiger partial charge in [-0.15, -0.1) is 0 Å². The second-order valence-electron chi connectivity index (χ2n) is 4.80. The molecule has 2 aliphatic carbocycles. The molecule has 94 valence electrons. The fourth-order valence-corrected chi connectivity index (χ4v) is 8.74. The molecule has 0 aromatic rings. The Hall–Kier alpha value is -0.100. The summed E-state index contributed by atoms with van der Waals surface area (Å²) in [6.07, 6.45) is 5.44. The van der Waals surface area contributed by atoms with Gasteiger partial charge in [-0.2, -0.15) is 0 Å². The molecule has 4 nitrogen and oxygen atoms in total. The van der Waals surface area contributed by atoms with Gasteiger partial charge in [0.05, 0.1) is 10.5 Å². The summed E-state index contributed by atoms with van der Waals surface area (Å²) in [7, 11) is -7.90. The summed E-state index contributed by atoms with van der Waals surface area (Å²) < 4.78 is 48.2. The van der Waals surface area contributed by atoms with Crippen LogP contribution in [-0.2, 0) is 17.7 Å². The van der Waals surface area contributed by atoms with E-state index in [2.05, 4.69) is 0 Å². The number of hydrogen-bond donors (Lipinski definition) is 0. The van der Waals surface area contributed by atoms with Gasteiger partial charge in [-0.25, -0.2) is 16.8 Å². The first-order valence-electron chi connectivity index (χ1n) is 5.94. The van der Waals surface area contributed by atoms with Gasteiger partial charge in [0.1, 0.15) is 0 Å². The maximum absolute atomic E-state index is 12.1. The van der Waals surface area contributed by atoms with Crippen LogP contribution in [0, 0.1) is 0 Å². The predicted molar refractivity (Wildman–Crippen MR) is 62.4 cm³/mol. The second-order valence-corrected chi connectivity index (χ2v) is 10.9. The van der Waals surface area contributed by atoms with E-state index in [1.165, 1.54) is 0 Å². The zero-order valence-corrected chi connectivity index (χ0v) is 10.9. The van der Waals surface area contributed by atoms with Crippen LogP contribution in [0.5, 0.6) is 0 Å². The van der Waals surface area contributed by atoms with Gasteiger partial charge in [-0.1, -0.05) is 25.7 Å². The topological polar surface area (TPSA) is 68.3 Å². The first-order valence-corrected chi connectivity index (χ1v) is 9.55. The van der Waals surface area contributed by atoms with Crippen LogP contribution in [0.25, 0.3) is 0 Å². The molecule has 2 aliphatic rings. The van der Waals surface area contributed by atoms with Crippen LogP contribution in [0.2, 0.25) is 0 Å². The third kappa shape index (κ3) is 1.90. The first kappa shape index (κ1) is 12.4. The third-order valence-corrected chi connectivity index (χ3v) is 10.5. The lowest BCUT2D eigenvalue weighted by Gasteiger charge is -2.15. The van der Waals surface area contributed by atoms with E-state index in [1.807, 2.05) is 0 Å². The first-order chi connectivity index (χ1) is 7.46. The minimum atomic E-state index is -3.95. The van der Waals surface area contributed by atoms with E-state index in [9.17, 15) is 16.8 Å². The maximum Gasteiger partial charge on any atom is 0.256 e. The largest absolute Gasteiger partial charge is 0.256 e. The van der Waals surface area contributed by atoms with Crippen molar-refractivity contribution in [3.63, 3.8) is 0 Å². The Morgan fingerprint density at radius 1 is 0.562 bits per heavy atom. The fourth-order valence-electron chi connectivity index (χ4n) is 2.73. The summed E-state index contributed by atoms with van der Waals surface area (Å²) in [4.78, 5) is 0. The summed E-state index contributed by atoms with van der Waals surface area (Å²) in [5.74, 6) is 0. The van der Waals surface area contributed by atoms with E-state index in [-0.39, 0.29) is 0 Å². The quantitative estimate of drug-likeness (QED) is 0.728. The molecule has 0 amide bonds. The van der Waals surface area contributed by atoms with Crippen molar-refractivity contribution < 1.29 is 16.8 Å². The number of rotatable bonds is 3. The molecular formula is C10H18O4S2. The highest BCUT2D eigenvalue weighted by molar-refractivity contribution is 8.67. The van der Waals surface area contributed by atoms with Crippen molar-refractivity contribution in [3.05, 3.63) is 0 Å². The van der Waals surface area contributed by atoms with E-state index in [0.717, 1.165) is 25.7 Å². The molecule has 0 aromatic carbocycles. The highest BCUT2D eigenvalue weighted by atomic mass is 33.2. The normalized spacial score (nSPS) is 25.2. The Bertz CT molecular complexity index is 393. The minimum Gasteiger partial charge on any atom is -0.212 e. The van der Waals surface area contributed by atoms with E-state index in [1.54, 1.807) is 0 Å². The van der Waals surface area contributed by atoms with E-state index in [4.69, 9.17) is 0 Å². The molecule has 0 atom stereocenters. The van der Waals surface area contributed by atoms with Gasteiger partial charge < -0.3 is 0 Å². The molecule has 0 bridgehead atoms. The third-order valence-electron chi connectivity index (χ3n) is 3.74. The highest BCUT2D eigenvalue weighted by Crippen LogP contribution is 2.34. The van der Waals surface area contributed by atoms with Gasteiger partial charge in [0.15, 0.2) is 0 Å². The zero-order valence-electron chi connectivity index (χ0n) is 9.26. The highest BCUT2D eigenvalue weighted by Gasteiger charge is 2.44. The fraction of sp³-hybridized carbons (Fsp3) is 1.00.